The van der Waals surface area contributed by atoms with Gasteiger partial charge in [0.2, 0.25) is 0 Å². The van der Waals surface area contributed by atoms with Crippen LogP contribution in [-0.4, -0.2) is 6.61 Å². The molecule has 2 heteroatoms. The van der Waals surface area contributed by atoms with Gasteiger partial charge in [0.25, 0.3) is 0 Å². The normalized spacial score (nSPS) is 10.6. The van der Waals surface area contributed by atoms with Crippen molar-refractivity contribution in [1.29, 1.82) is 0 Å². The number of halogens is 1. The fraction of sp³-hybridized carbons (Fsp3) is 0.429. The van der Waals surface area contributed by atoms with Gasteiger partial charge >= 0.3 is 0 Å². The molecule has 0 fully saturated rings. The molecule has 0 aromatic heterocycles. The van der Waals surface area contributed by atoms with Gasteiger partial charge in [-0.2, -0.15) is 0 Å². The summed E-state index contributed by atoms with van der Waals surface area (Å²) in [6.45, 7) is 10.4. The van der Waals surface area contributed by atoms with Crippen molar-refractivity contribution in [3.05, 3.63) is 36.2 Å². The summed E-state index contributed by atoms with van der Waals surface area (Å²) in [4.78, 5) is 0. The van der Waals surface area contributed by atoms with E-state index >= 15 is 0 Å². The van der Waals surface area contributed by atoms with Crippen LogP contribution < -0.4 is 4.74 Å². The first kappa shape index (κ1) is 12.8. The number of hydrogen-bond donors (Lipinski definition) is 0. The zero-order valence-electron chi connectivity index (χ0n) is 10.2. The topological polar surface area (TPSA) is 9.23 Å². The minimum absolute atomic E-state index is 0.269. The van der Waals surface area contributed by atoms with E-state index < -0.39 is 0 Å². The summed E-state index contributed by atoms with van der Waals surface area (Å²) in [6, 6.07) is 4.92. The predicted molar refractivity (Wildman–Crippen MR) is 66.1 cm³/mol. The molecule has 1 nitrogen and oxygen atoms in total. The lowest BCUT2D eigenvalue weighted by Crippen LogP contribution is -2.01. The van der Waals surface area contributed by atoms with E-state index in [2.05, 4.69) is 20.4 Å². The van der Waals surface area contributed by atoms with Crippen LogP contribution in [0.4, 0.5) is 4.39 Å². The van der Waals surface area contributed by atoms with Crippen molar-refractivity contribution in [3.8, 4) is 5.75 Å². The molecule has 0 saturated carbocycles. The average molecular weight is 222 g/mol. The van der Waals surface area contributed by atoms with E-state index in [4.69, 9.17) is 4.74 Å². The first-order valence-electron chi connectivity index (χ1n) is 5.59. The molecule has 0 atom stereocenters. The van der Waals surface area contributed by atoms with Crippen molar-refractivity contribution in [3.63, 3.8) is 0 Å². The van der Waals surface area contributed by atoms with Crippen LogP contribution in [-0.2, 0) is 0 Å². The number of ether oxygens (including phenoxy) is 1. The maximum atomic E-state index is 13.5. The molecule has 0 aliphatic rings. The molecule has 0 bridgehead atoms. The molecule has 0 heterocycles. The Bertz CT molecular complexity index is 369. The third-order valence-corrected chi connectivity index (χ3v) is 2.36. The largest absolute Gasteiger partial charge is 0.493 e. The van der Waals surface area contributed by atoms with Crippen LogP contribution in [0, 0.1) is 11.7 Å². The van der Waals surface area contributed by atoms with Crippen LogP contribution in [0.3, 0.4) is 0 Å². The summed E-state index contributed by atoms with van der Waals surface area (Å²) in [7, 11) is 0. The van der Waals surface area contributed by atoms with Crippen LogP contribution in [0.1, 0.15) is 32.8 Å². The van der Waals surface area contributed by atoms with Gasteiger partial charge in [-0.05, 0) is 37.0 Å². The van der Waals surface area contributed by atoms with Crippen LogP contribution in [0.25, 0.3) is 5.57 Å². The monoisotopic (exact) mass is 222 g/mol. The second-order valence-electron chi connectivity index (χ2n) is 4.45. The standard InChI is InChI=1S/C14H19FO/c1-10(2)7-8-16-12-5-6-13(11(3)4)14(15)9-12/h5-6,9-10H,3,7-8H2,1-2,4H3. The van der Waals surface area contributed by atoms with Gasteiger partial charge in [0.05, 0.1) is 6.61 Å². The summed E-state index contributed by atoms with van der Waals surface area (Å²) in [5.41, 5.74) is 1.28. The van der Waals surface area contributed by atoms with E-state index in [1.807, 2.05) is 0 Å². The summed E-state index contributed by atoms with van der Waals surface area (Å²) in [5, 5.41) is 0. The average Bonchev–Trinajstić information content (AvgIpc) is 2.16. The number of hydrogen-bond acceptors (Lipinski definition) is 1. The molecule has 88 valence electrons. The molecule has 1 aromatic carbocycles. The van der Waals surface area contributed by atoms with Crippen molar-refractivity contribution >= 4 is 5.57 Å². The van der Waals surface area contributed by atoms with Gasteiger partial charge in [-0.1, -0.05) is 20.4 Å². The van der Waals surface area contributed by atoms with E-state index in [0.717, 1.165) is 12.0 Å². The van der Waals surface area contributed by atoms with Crippen molar-refractivity contribution in [1.82, 2.24) is 0 Å². The maximum Gasteiger partial charge on any atom is 0.134 e. The smallest absolute Gasteiger partial charge is 0.134 e. The highest BCUT2D eigenvalue weighted by atomic mass is 19.1. The van der Waals surface area contributed by atoms with Gasteiger partial charge in [-0.3, -0.25) is 0 Å². The zero-order valence-corrected chi connectivity index (χ0v) is 10.2. The molecular weight excluding hydrogens is 203 g/mol. The number of allylic oxidation sites excluding steroid dienone is 1. The van der Waals surface area contributed by atoms with Gasteiger partial charge in [-0.15, -0.1) is 0 Å². The van der Waals surface area contributed by atoms with Crippen LogP contribution >= 0.6 is 0 Å². The molecule has 0 saturated heterocycles. The first-order valence-corrected chi connectivity index (χ1v) is 5.59. The van der Waals surface area contributed by atoms with Crippen molar-refractivity contribution in [2.45, 2.75) is 27.2 Å². The van der Waals surface area contributed by atoms with Gasteiger partial charge in [0, 0.05) is 11.6 Å². The van der Waals surface area contributed by atoms with Crippen LogP contribution in [0.15, 0.2) is 24.8 Å². The lowest BCUT2D eigenvalue weighted by atomic mass is 10.1. The third-order valence-electron chi connectivity index (χ3n) is 2.36. The highest BCUT2D eigenvalue weighted by molar-refractivity contribution is 5.62. The zero-order chi connectivity index (χ0) is 12.1. The third kappa shape index (κ3) is 3.69. The minimum Gasteiger partial charge on any atom is -0.493 e. The Labute approximate surface area is 96.9 Å². The molecule has 0 radical (unpaired) electrons. The van der Waals surface area contributed by atoms with Crippen molar-refractivity contribution in [2.24, 2.45) is 5.92 Å². The maximum absolute atomic E-state index is 13.5. The lowest BCUT2D eigenvalue weighted by molar-refractivity contribution is 0.288. The van der Waals surface area contributed by atoms with Gasteiger partial charge in [0.1, 0.15) is 11.6 Å². The van der Waals surface area contributed by atoms with E-state index in [1.165, 1.54) is 6.07 Å². The Morgan fingerprint density at radius 1 is 1.44 bits per heavy atom. The quantitative estimate of drug-likeness (QED) is 0.722. The SMILES string of the molecule is C=C(C)c1ccc(OCCC(C)C)cc1F. The minimum atomic E-state index is -0.269. The van der Waals surface area contributed by atoms with Crippen molar-refractivity contribution in [2.75, 3.05) is 6.61 Å². The lowest BCUT2D eigenvalue weighted by Gasteiger charge is -2.09. The Morgan fingerprint density at radius 2 is 2.12 bits per heavy atom. The molecular formula is C14H19FO. The highest BCUT2D eigenvalue weighted by Crippen LogP contribution is 2.21. The molecule has 0 amide bonds. The summed E-state index contributed by atoms with van der Waals surface area (Å²) >= 11 is 0. The van der Waals surface area contributed by atoms with Crippen LogP contribution in [0.5, 0.6) is 5.75 Å². The summed E-state index contributed by atoms with van der Waals surface area (Å²) in [6.07, 6.45) is 0.976. The van der Waals surface area contributed by atoms with E-state index in [9.17, 15) is 4.39 Å². The molecule has 0 aliphatic heterocycles. The summed E-state index contributed by atoms with van der Waals surface area (Å²) < 4.78 is 19.0. The molecule has 0 aliphatic carbocycles. The number of benzene rings is 1. The Kier molecular flexibility index (Phi) is 4.53. The summed E-state index contributed by atoms with van der Waals surface area (Å²) in [5.74, 6) is 0.914. The predicted octanol–water partition coefficient (Wildman–Crippen LogP) is 4.28. The Balaban J connectivity index is 2.63. The van der Waals surface area contributed by atoms with Gasteiger partial charge < -0.3 is 4.74 Å². The molecule has 0 N–H and O–H groups in total. The second-order valence-corrected chi connectivity index (χ2v) is 4.45. The fourth-order valence-electron chi connectivity index (χ4n) is 1.34. The molecule has 16 heavy (non-hydrogen) atoms. The Hall–Kier alpha value is -1.31. The van der Waals surface area contributed by atoms with E-state index in [-0.39, 0.29) is 5.82 Å². The van der Waals surface area contributed by atoms with Crippen molar-refractivity contribution < 1.29 is 9.13 Å². The fourth-order valence-corrected chi connectivity index (χ4v) is 1.34. The second kappa shape index (κ2) is 5.69. The molecule has 1 rings (SSSR count). The van der Waals surface area contributed by atoms with Gasteiger partial charge in [-0.25, -0.2) is 4.39 Å². The Morgan fingerprint density at radius 3 is 2.62 bits per heavy atom. The highest BCUT2D eigenvalue weighted by Gasteiger charge is 2.04. The first-order chi connectivity index (χ1) is 7.50. The van der Waals surface area contributed by atoms with Crippen LogP contribution in [0.2, 0.25) is 0 Å². The molecule has 0 spiro atoms. The van der Waals surface area contributed by atoms with E-state index in [1.54, 1.807) is 19.1 Å². The number of rotatable bonds is 5. The van der Waals surface area contributed by atoms with E-state index in [0.29, 0.717) is 23.8 Å². The molecule has 1 aromatic rings. The van der Waals surface area contributed by atoms with Gasteiger partial charge in [0.15, 0.2) is 0 Å². The molecule has 0 unspecified atom stereocenters.